The van der Waals surface area contributed by atoms with E-state index in [9.17, 15) is 9.18 Å². The third-order valence-corrected chi connectivity index (χ3v) is 3.83. The van der Waals surface area contributed by atoms with Crippen LogP contribution in [0.1, 0.15) is 5.69 Å². The van der Waals surface area contributed by atoms with E-state index in [1.807, 2.05) is 0 Å². The first-order valence-corrected chi connectivity index (χ1v) is 7.56. The van der Waals surface area contributed by atoms with Crippen molar-refractivity contribution >= 4 is 11.6 Å². The summed E-state index contributed by atoms with van der Waals surface area (Å²) in [6, 6.07) is 5.78. The van der Waals surface area contributed by atoms with Crippen LogP contribution in [-0.2, 0) is 11.3 Å². The number of oxazole rings is 1. The van der Waals surface area contributed by atoms with Crippen LogP contribution in [0.5, 0.6) is 0 Å². The van der Waals surface area contributed by atoms with E-state index in [0.29, 0.717) is 12.2 Å². The van der Waals surface area contributed by atoms with Gasteiger partial charge in [-0.15, -0.1) is 0 Å². The van der Waals surface area contributed by atoms with Crippen LogP contribution >= 0.6 is 0 Å². The Morgan fingerprint density at radius 1 is 1.17 bits per heavy atom. The summed E-state index contributed by atoms with van der Waals surface area (Å²) in [6.07, 6.45) is 3.09. The van der Waals surface area contributed by atoms with E-state index in [1.165, 1.54) is 18.5 Å². The minimum absolute atomic E-state index is 0.0819. The monoisotopic (exact) mass is 318 g/mol. The van der Waals surface area contributed by atoms with E-state index in [0.717, 1.165) is 38.4 Å². The second-order valence-electron chi connectivity index (χ2n) is 5.59. The minimum Gasteiger partial charge on any atom is -0.451 e. The fraction of sp³-hybridized carbons (Fsp3) is 0.375. The Bertz CT molecular complexity index is 622. The molecular formula is C16H19FN4O2. The van der Waals surface area contributed by atoms with Gasteiger partial charge in [-0.25, -0.2) is 9.37 Å². The third kappa shape index (κ3) is 4.61. The first-order chi connectivity index (χ1) is 11.2. The number of carbonyl (C=O) groups excluding carboxylic acids is 1. The van der Waals surface area contributed by atoms with Crippen molar-refractivity contribution in [3.05, 3.63) is 48.4 Å². The lowest BCUT2D eigenvalue weighted by Crippen LogP contribution is -2.48. The number of benzene rings is 1. The highest BCUT2D eigenvalue weighted by Crippen LogP contribution is 2.10. The first kappa shape index (κ1) is 15.6. The topological polar surface area (TPSA) is 61.6 Å². The predicted molar refractivity (Wildman–Crippen MR) is 83.2 cm³/mol. The van der Waals surface area contributed by atoms with Gasteiger partial charge in [0.2, 0.25) is 5.91 Å². The zero-order chi connectivity index (χ0) is 16.1. The average Bonchev–Trinajstić information content (AvgIpc) is 3.04. The molecule has 3 rings (SSSR count). The van der Waals surface area contributed by atoms with Gasteiger partial charge in [0.1, 0.15) is 12.1 Å². The number of hydrogen-bond donors (Lipinski definition) is 1. The Morgan fingerprint density at radius 3 is 2.52 bits per heavy atom. The summed E-state index contributed by atoms with van der Waals surface area (Å²) in [5.41, 5.74) is 1.54. The lowest BCUT2D eigenvalue weighted by molar-refractivity contribution is -0.117. The maximum absolute atomic E-state index is 12.8. The number of anilines is 1. The van der Waals surface area contributed by atoms with Crippen LogP contribution in [0.4, 0.5) is 10.1 Å². The van der Waals surface area contributed by atoms with Crippen LogP contribution in [0.15, 0.2) is 41.3 Å². The number of hydrogen-bond acceptors (Lipinski definition) is 5. The molecule has 2 heterocycles. The Balaban J connectivity index is 1.41. The number of nitrogens with one attached hydrogen (secondary N) is 1. The Morgan fingerprint density at radius 2 is 1.87 bits per heavy atom. The quantitative estimate of drug-likeness (QED) is 0.907. The molecule has 1 aliphatic rings. The Labute approximate surface area is 133 Å². The summed E-state index contributed by atoms with van der Waals surface area (Å²) < 4.78 is 17.8. The molecule has 1 N–H and O–H groups in total. The highest BCUT2D eigenvalue weighted by atomic mass is 19.1. The third-order valence-electron chi connectivity index (χ3n) is 3.83. The molecule has 1 aromatic carbocycles. The zero-order valence-corrected chi connectivity index (χ0v) is 12.7. The Kier molecular flexibility index (Phi) is 4.99. The lowest BCUT2D eigenvalue weighted by Gasteiger charge is -2.33. The fourth-order valence-electron chi connectivity index (χ4n) is 2.59. The van der Waals surface area contributed by atoms with Crippen LogP contribution in [0, 0.1) is 5.82 Å². The summed E-state index contributed by atoms with van der Waals surface area (Å²) in [5, 5.41) is 2.78. The summed E-state index contributed by atoms with van der Waals surface area (Å²) in [4.78, 5) is 20.5. The molecule has 0 saturated carbocycles. The molecule has 0 bridgehead atoms. The molecule has 122 valence electrons. The summed E-state index contributed by atoms with van der Waals surface area (Å²) in [5.74, 6) is -0.396. The van der Waals surface area contributed by atoms with Gasteiger partial charge in [-0.1, -0.05) is 0 Å². The number of carbonyl (C=O) groups is 1. The van der Waals surface area contributed by atoms with Gasteiger partial charge < -0.3 is 9.73 Å². The van der Waals surface area contributed by atoms with E-state index in [2.05, 4.69) is 20.1 Å². The Hall–Kier alpha value is -2.25. The van der Waals surface area contributed by atoms with E-state index >= 15 is 0 Å². The van der Waals surface area contributed by atoms with E-state index < -0.39 is 0 Å². The molecule has 0 radical (unpaired) electrons. The summed E-state index contributed by atoms with van der Waals surface area (Å²) >= 11 is 0. The molecule has 0 unspecified atom stereocenters. The minimum atomic E-state index is -0.314. The number of aromatic nitrogens is 1. The normalized spacial score (nSPS) is 16.4. The summed E-state index contributed by atoms with van der Waals surface area (Å²) in [6.45, 7) is 4.54. The molecule has 2 aromatic rings. The molecule has 0 spiro atoms. The SMILES string of the molecule is O=C(CN1CCN(Cc2cocn2)CC1)Nc1ccc(F)cc1. The number of nitrogens with zero attached hydrogens (tertiary/aromatic N) is 3. The smallest absolute Gasteiger partial charge is 0.238 e. The maximum Gasteiger partial charge on any atom is 0.238 e. The molecule has 1 aromatic heterocycles. The lowest BCUT2D eigenvalue weighted by atomic mass is 10.3. The molecule has 0 aliphatic carbocycles. The van der Waals surface area contributed by atoms with Gasteiger partial charge in [-0.05, 0) is 24.3 Å². The van der Waals surface area contributed by atoms with Crippen molar-refractivity contribution in [3.8, 4) is 0 Å². The number of rotatable bonds is 5. The first-order valence-electron chi connectivity index (χ1n) is 7.56. The van der Waals surface area contributed by atoms with Gasteiger partial charge in [0, 0.05) is 38.4 Å². The maximum atomic E-state index is 12.8. The van der Waals surface area contributed by atoms with Gasteiger partial charge in [-0.3, -0.25) is 14.6 Å². The van der Waals surface area contributed by atoms with Gasteiger partial charge in [-0.2, -0.15) is 0 Å². The van der Waals surface area contributed by atoms with Gasteiger partial charge in [0.25, 0.3) is 0 Å². The van der Waals surface area contributed by atoms with Crippen molar-refractivity contribution in [3.63, 3.8) is 0 Å². The number of piperazine rings is 1. The second kappa shape index (κ2) is 7.34. The van der Waals surface area contributed by atoms with Crippen LogP contribution in [0.2, 0.25) is 0 Å². The molecule has 7 heteroatoms. The molecule has 1 fully saturated rings. The van der Waals surface area contributed by atoms with Crippen LogP contribution in [-0.4, -0.2) is 53.4 Å². The van der Waals surface area contributed by atoms with Gasteiger partial charge in [0.05, 0.1) is 12.2 Å². The van der Waals surface area contributed by atoms with E-state index in [1.54, 1.807) is 18.4 Å². The van der Waals surface area contributed by atoms with E-state index in [-0.39, 0.29) is 11.7 Å². The predicted octanol–water partition coefficient (Wildman–Crippen LogP) is 1.57. The highest BCUT2D eigenvalue weighted by molar-refractivity contribution is 5.92. The second-order valence-corrected chi connectivity index (χ2v) is 5.59. The number of amides is 1. The van der Waals surface area contributed by atoms with Crippen molar-refractivity contribution in [1.29, 1.82) is 0 Å². The van der Waals surface area contributed by atoms with Gasteiger partial charge >= 0.3 is 0 Å². The molecule has 1 saturated heterocycles. The number of halogens is 1. The largest absolute Gasteiger partial charge is 0.451 e. The molecule has 1 amide bonds. The van der Waals surface area contributed by atoms with Crippen molar-refractivity contribution < 1.29 is 13.6 Å². The standard InChI is InChI=1S/C16H19FN4O2/c17-13-1-3-14(4-2-13)19-16(22)10-21-7-5-20(6-8-21)9-15-11-23-12-18-15/h1-4,11-12H,5-10H2,(H,19,22). The molecule has 23 heavy (non-hydrogen) atoms. The van der Waals surface area contributed by atoms with Crippen molar-refractivity contribution in [2.24, 2.45) is 0 Å². The fourth-order valence-corrected chi connectivity index (χ4v) is 2.59. The van der Waals surface area contributed by atoms with Gasteiger partial charge in [0.15, 0.2) is 6.39 Å². The van der Waals surface area contributed by atoms with Crippen LogP contribution in [0.25, 0.3) is 0 Å². The van der Waals surface area contributed by atoms with E-state index in [4.69, 9.17) is 4.42 Å². The summed E-state index contributed by atoms with van der Waals surface area (Å²) in [7, 11) is 0. The molecule has 1 aliphatic heterocycles. The van der Waals surface area contributed by atoms with Crippen LogP contribution in [0.3, 0.4) is 0 Å². The van der Waals surface area contributed by atoms with Crippen molar-refractivity contribution in [2.45, 2.75) is 6.54 Å². The van der Waals surface area contributed by atoms with Crippen molar-refractivity contribution in [2.75, 3.05) is 38.0 Å². The van der Waals surface area contributed by atoms with Crippen molar-refractivity contribution in [1.82, 2.24) is 14.8 Å². The molecular weight excluding hydrogens is 299 g/mol. The molecule has 6 nitrogen and oxygen atoms in total. The zero-order valence-electron chi connectivity index (χ0n) is 12.7. The average molecular weight is 318 g/mol. The van der Waals surface area contributed by atoms with Crippen LogP contribution < -0.4 is 5.32 Å². The highest BCUT2D eigenvalue weighted by Gasteiger charge is 2.19. The molecule has 0 atom stereocenters.